The van der Waals surface area contributed by atoms with Crippen molar-refractivity contribution < 1.29 is 4.74 Å². The molecule has 0 radical (unpaired) electrons. The molecule has 0 amide bonds. The smallest absolute Gasteiger partial charge is 0.0590 e. The summed E-state index contributed by atoms with van der Waals surface area (Å²) in [4.78, 5) is 0. The Bertz CT molecular complexity index is 66.3. The van der Waals surface area contributed by atoms with Crippen LogP contribution in [-0.2, 0) is 4.74 Å². The van der Waals surface area contributed by atoms with Crippen LogP contribution in [0.1, 0.15) is 27.2 Å². The summed E-state index contributed by atoms with van der Waals surface area (Å²) in [6, 6.07) is 0.625. The molecule has 0 aromatic carbocycles. The van der Waals surface area contributed by atoms with Crippen LogP contribution in [0.3, 0.4) is 0 Å². The fourth-order valence-electron chi connectivity index (χ4n) is 0.666. The Balaban J connectivity index is 2.89. The average Bonchev–Trinajstić information content (AvgIpc) is 1.98. The fraction of sp³-hybridized carbons (Fsp3) is 1.00. The minimum absolute atomic E-state index is 0.625. The van der Waals surface area contributed by atoms with E-state index in [1.807, 2.05) is 6.92 Å². The van der Waals surface area contributed by atoms with Crippen LogP contribution in [0.4, 0.5) is 0 Å². The molecule has 2 nitrogen and oxygen atoms in total. The first-order valence-corrected chi connectivity index (χ1v) is 4.12. The standard InChI is InChI=1S/C8H19NO/c1-4-8(3)9-6-7-10-5-2/h8-9H,4-7H2,1-3H3. The van der Waals surface area contributed by atoms with Crippen molar-refractivity contribution in [3.05, 3.63) is 0 Å². The lowest BCUT2D eigenvalue weighted by Crippen LogP contribution is -2.28. The Morgan fingerprint density at radius 3 is 2.60 bits per heavy atom. The summed E-state index contributed by atoms with van der Waals surface area (Å²) in [6.07, 6.45) is 1.19. The summed E-state index contributed by atoms with van der Waals surface area (Å²) in [5, 5.41) is 3.34. The van der Waals surface area contributed by atoms with Crippen molar-refractivity contribution in [1.82, 2.24) is 5.32 Å². The van der Waals surface area contributed by atoms with Gasteiger partial charge in [-0.1, -0.05) is 6.92 Å². The van der Waals surface area contributed by atoms with Crippen LogP contribution in [0.25, 0.3) is 0 Å². The summed E-state index contributed by atoms with van der Waals surface area (Å²) < 4.78 is 5.17. The molecule has 0 aliphatic carbocycles. The Hall–Kier alpha value is -0.0800. The zero-order valence-electron chi connectivity index (χ0n) is 7.31. The van der Waals surface area contributed by atoms with Gasteiger partial charge >= 0.3 is 0 Å². The van der Waals surface area contributed by atoms with E-state index in [1.165, 1.54) is 6.42 Å². The van der Waals surface area contributed by atoms with Gasteiger partial charge in [0.05, 0.1) is 6.61 Å². The Morgan fingerprint density at radius 2 is 2.10 bits per heavy atom. The fourth-order valence-corrected chi connectivity index (χ4v) is 0.666. The highest BCUT2D eigenvalue weighted by Crippen LogP contribution is 1.85. The van der Waals surface area contributed by atoms with Crippen LogP contribution in [-0.4, -0.2) is 25.8 Å². The number of hydrogen-bond acceptors (Lipinski definition) is 2. The van der Waals surface area contributed by atoms with Crippen LogP contribution in [0.15, 0.2) is 0 Å². The molecule has 1 N–H and O–H groups in total. The second kappa shape index (κ2) is 7.03. The molecule has 0 aliphatic rings. The molecule has 0 saturated heterocycles. The quantitative estimate of drug-likeness (QED) is 0.571. The first-order valence-electron chi connectivity index (χ1n) is 4.12. The van der Waals surface area contributed by atoms with Crippen molar-refractivity contribution in [2.45, 2.75) is 33.2 Å². The van der Waals surface area contributed by atoms with E-state index in [-0.39, 0.29) is 0 Å². The largest absolute Gasteiger partial charge is 0.380 e. The van der Waals surface area contributed by atoms with Crippen molar-refractivity contribution in [2.75, 3.05) is 19.8 Å². The molecular weight excluding hydrogens is 126 g/mol. The summed E-state index contributed by atoms with van der Waals surface area (Å²) in [5.74, 6) is 0. The molecule has 0 spiro atoms. The maximum absolute atomic E-state index is 5.17. The van der Waals surface area contributed by atoms with Crippen molar-refractivity contribution in [2.24, 2.45) is 0 Å². The Morgan fingerprint density at radius 1 is 1.40 bits per heavy atom. The summed E-state index contributed by atoms with van der Waals surface area (Å²) in [5.41, 5.74) is 0. The molecule has 0 rings (SSSR count). The lowest BCUT2D eigenvalue weighted by atomic mass is 10.3. The summed E-state index contributed by atoms with van der Waals surface area (Å²) in [7, 11) is 0. The minimum Gasteiger partial charge on any atom is -0.380 e. The number of nitrogens with one attached hydrogen (secondary N) is 1. The van der Waals surface area contributed by atoms with Crippen molar-refractivity contribution in [3.8, 4) is 0 Å². The maximum Gasteiger partial charge on any atom is 0.0590 e. The van der Waals surface area contributed by atoms with Gasteiger partial charge in [0.2, 0.25) is 0 Å². The monoisotopic (exact) mass is 145 g/mol. The van der Waals surface area contributed by atoms with E-state index in [0.29, 0.717) is 6.04 Å². The normalized spacial score (nSPS) is 13.5. The highest BCUT2D eigenvalue weighted by molar-refractivity contribution is 4.55. The van der Waals surface area contributed by atoms with Crippen molar-refractivity contribution in [3.63, 3.8) is 0 Å². The van der Waals surface area contributed by atoms with Gasteiger partial charge in [-0.3, -0.25) is 0 Å². The third-order valence-corrected chi connectivity index (χ3v) is 1.56. The molecule has 0 saturated carbocycles. The number of ether oxygens (including phenoxy) is 1. The lowest BCUT2D eigenvalue weighted by molar-refractivity contribution is 0.147. The Labute approximate surface area is 64.0 Å². The van der Waals surface area contributed by atoms with Gasteiger partial charge < -0.3 is 10.1 Å². The van der Waals surface area contributed by atoms with Crippen LogP contribution >= 0.6 is 0 Å². The molecule has 0 aliphatic heterocycles. The molecule has 0 fully saturated rings. The highest BCUT2D eigenvalue weighted by Gasteiger charge is 1.94. The van der Waals surface area contributed by atoms with Gasteiger partial charge in [0, 0.05) is 19.2 Å². The maximum atomic E-state index is 5.17. The van der Waals surface area contributed by atoms with Gasteiger partial charge in [-0.05, 0) is 20.3 Å². The van der Waals surface area contributed by atoms with E-state index in [2.05, 4.69) is 19.2 Å². The number of rotatable bonds is 6. The van der Waals surface area contributed by atoms with E-state index in [1.54, 1.807) is 0 Å². The molecule has 0 bridgehead atoms. The van der Waals surface area contributed by atoms with Gasteiger partial charge in [-0.2, -0.15) is 0 Å². The van der Waals surface area contributed by atoms with E-state index in [9.17, 15) is 0 Å². The third-order valence-electron chi connectivity index (χ3n) is 1.56. The predicted molar refractivity (Wildman–Crippen MR) is 44.2 cm³/mol. The van der Waals surface area contributed by atoms with Crippen molar-refractivity contribution in [1.29, 1.82) is 0 Å². The first-order chi connectivity index (χ1) is 4.81. The van der Waals surface area contributed by atoms with Gasteiger partial charge in [0.25, 0.3) is 0 Å². The molecule has 0 aromatic rings. The van der Waals surface area contributed by atoms with Crippen LogP contribution in [0.5, 0.6) is 0 Å². The van der Waals surface area contributed by atoms with Gasteiger partial charge in [0.1, 0.15) is 0 Å². The average molecular weight is 145 g/mol. The first kappa shape index (κ1) is 9.92. The third kappa shape index (κ3) is 6.05. The van der Waals surface area contributed by atoms with Gasteiger partial charge in [-0.15, -0.1) is 0 Å². The molecule has 1 unspecified atom stereocenters. The van der Waals surface area contributed by atoms with Crippen molar-refractivity contribution >= 4 is 0 Å². The van der Waals surface area contributed by atoms with E-state index in [4.69, 9.17) is 4.74 Å². The highest BCUT2D eigenvalue weighted by atomic mass is 16.5. The minimum atomic E-state index is 0.625. The SMILES string of the molecule is CCOCCNC(C)CC. The molecule has 0 aromatic heterocycles. The second-order valence-corrected chi connectivity index (χ2v) is 2.46. The van der Waals surface area contributed by atoms with E-state index < -0.39 is 0 Å². The summed E-state index contributed by atoms with van der Waals surface area (Å²) in [6.45, 7) is 9.01. The molecule has 1 atom stereocenters. The molecule has 0 heterocycles. The van der Waals surface area contributed by atoms with Crippen LogP contribution in [0.2, 0.25) is 0 Å². The molecule has 10 heavy (non-hydrogen) atoms. The predicted octanol–water partition coefficient (Wildman–Crippen LogP) is 1.41. The topological polar surface area (TPSA) is 21.3 Å². The second-order valence-electron chi connectivity index (χ2n) is 2.46. The van der Waals surface area contributed by atoms with E-state index >= 15 is 0 Å². The van der Waals surface area contributed by atoms with E-state index in [0.717, 1.165) is 19.8 Å². The Kier molecular flexibility index (Phi) is 6.98. The van der Waals surface area contributed by atoms with Gasteiger partial charge in [-0.25, -0.2) is 0 Å². The van der Waals surface area contributed by atoms with Crippen LogP contribution in [0, 0.1) is 0 Å². The molecule has 2 heteroatoms. The lowest BCUT2D eigenvalue weighted by Gasteiger charge is -2.10. The molecule has 62 valence electrons. The summed E-state index contributed by atoms with van der Waals surface area (Å²) >= 11 is 0. The number of hydrogen-bond donors (Lipinski definition) is 1. The molecular formula is C8H19NO. The zero-order chi connectivity index (χ0) is 7.82. The zero-order valence-corrected chi connectivity index (χ0v) is 7.31. The van der Waals surface area contributed by atoms with Gasteiger partial charge in [0.15, 0.2) is 0 Å². The van der Waals surface area contributed by atoms with Crippen LogP contribution < -0.4 is 5.32 Å².